The van der Waals surface area contributed by atoms with Crippen LogP contribution < -0.4 is 10.2 Å². The van der Waals surface area contributed by atoms with Gasteiger partial charge in [0, 0.05) is 25.0 Å². The van der Waals surface area contributed by atoms with E-state index in [1.165, 1.54) is 23.4 Å². The molecule has 5 heteroatoms. The molecule has 0 atom stereocenters. The summed E-state index contributed by atoms with van der Waals surface area (Å²) in [7, 11) is 0. The first-order valence-corrected chi connectivity index (χ1v) is 9.04. The number of hydrogen-bond donors (Lipinski definition) is 1. The molecule has 27 heavy (non-hydrogen) atoms. The summed E-state index contributed by atoms with van der Waals surface area (Å²) in [5.41, 5.74) is 4.76. The zero-order chi connectivity index (χ0) is 18.6. The van der Waals surface area contributed by atoms with Crippen LogP contribution in [0.25, 0.3) is 0 Å². The maximum Gasteiger partial charge on any atom is 0.253 e. The molecule has 1 aliphatic rings. The molecule has 136 valence electrons. The van der Waals surface area contributed by atoms with Gasteiger partial charge in [-0.3, -0.25) is 9.78 Å². The molecule has 2 aromatic carbocycles. The number of anilines is 2. The summed E-state index contributed by atoms with van der Waals surface area (Å²) in [6.45, 7) is 1.25. The van der Waals surface area contributed by atoms with Crippen molar-refractivity contribution in [1.29, 1.82) is 0 Å². The van der Waals surface area contributed by atoms with Crippen LogP contribution in [0.3, 0.4) is 0 Å². The van der Waals surface area contributed by atoms with Crippen molar-refractivity contribution < 1.29 is 9.18 Å². The van der Waals surface area contributed by atoms with E-state index in [2.05, 4.69) is 33.4 Å². The van der Waals surface area contributed by atoms with E-state index in [1.807, 2.05) is 12.1 Å². The molecule has 0 unspecified atom stereocenters. The van der Waals surface area contributed by atoms with Gasteiger partial charge in [0.1, 0.15) is 5.82 Å². The molecule has 3 aromatic rings. The van der Waals surface area contributed by atoms with Crippen molar-refractivity contribution in [2.45, 2.75) is 19.4 Å². The number of carbonyl (C=O) groups is 1. The van der Waals surface area contributed by atoms with Crippen LogP contribution in [0.4, 0.5) is 15.8 Å². The fourth-order valence-electron chi connectivity index (χ4n) is 3.39. The molecule has 0 bridgehead atoms. The molecule has 0 radical (unpaired) electrons. The Balaban J connectivity index is 1.51. The van der Waals surface area contributed by atoms with Crippen molar-refractivity contribution in [3.8, 4) is 0 Å². The maximum atomic E-state index is 13.0. The normalized spacial score (nSPS) is 13.1. The largest absolute Gasteiger partial charge is 0.348 e. The highest BCUT2D eigenvalue weighted by atomic mass is 19.1. The summed E-state index contributed by atoms with van der Waals surface area (Å²) in [6.07, 6.45) is 5.49. The van der Waals surface area contributed by atoms with Crippen LogP contribution in [0.2, 0.25) is 0 Å². The average molecular weight is 361 g/mol. The van der Waals surface area contributed by atoms with Gasteiger partial charge < -0.3 is 10.2 Å². The van der Waals surface area contributed by atoms with Crippen LogP contribution in [0, 0.1) is 5.82 Å². The second-order valence-corrected chi connectivity index (χ2v) is 6.62. The zero-order valence-electron chi connectivity index (χ0n) is 14.9. The Morgan fingerprint density at radius 2 is 1.93 bits per heavy atom. The lowest BCUT2D eigenvalue weighted by molar-refractivity contribution is 0.0950. The highest BCUT2D eigenvalue weighted by molar-refractivity contribution is 5.95. The Morgan fingerprint density at radius 3 is 2.78 bits per heavy atom. The Morgan fingerprint density at radius 1 is 1.11 bits per heavy atom. The smallest absolute Gasteiger partial charge is 0.253 e. The third-order valence-corrected chi connectivity index (χ3v) is 4.77. The molecule has 1 aliphatic heterocycles. The number of nitrogens with zero attached hydrogens (tertiary/aromatic N) is 2. The first kappa shape index (κ1) is 17.2. The highest BCUT2D eigenvalue weighted by Gasteiger charge is 2.19. The molecule has 0 fully saturated rings. The van der Waals surface area contributed by atoms with Gasteiger partial charge in [-0.05, 0) is 48.2 Å². The Bertz CT molecular complexity index is 956. The fraction of sp³-hybridized carbons (Fsp3) is 0.182. The number of aryl methyl sites for hydroxylation is 1. The van der Waals surface area contributed by atoms with Crippen molar-refractivity contribution >= 4 is 17.3 Å². The molecule has 2 heterocycles. The number of aromatic nitrogens is 1. The number of rotatable bonds is 4. The number of para-hydroxylation sites is 1. The first-order chi connectivity index (χ1) is 13.2. The minimum absolute atomic E-state index is 0.195. The van der Waals surface area contributed by atoms with E-state index in [-0.39, 0.29) is 11.7 Å². The summed E-state index contributed by atoms with van der Waals surface area (Å²) < 4.78 is 13.0. The monoisotopic (exact) mass is 361 g/mol. The van der Waals surface area contributed by atoms with Crippen molar-refractivity contribution in [2.24, 2.45) is 0 Å². The van der Waals surface area contributed by atoms with Crippen molar-refractivity contribution in [3.05, 3.63) is 89.5 Å². The highest BCUT2D eigenvalue weighted by Crippen LogP contribution is 2.33. The SMILES string of the molecule is O=C(NCc1ccc(F)cc1)c1cncc(N2CCCc3ccccc32)c1. The van der Waals surface area contributed by atoms with Crippen LogP contribution in [0.1, 0.15) is 27.9 Å². The van der Waals surface area contributed by atoms with E-state index in [4.69, 9.17) is 0 Å². The van der Waals surface area contributed by atoms with Gasteiger partial charge >= 0.3 is 0 Å². The lowest BCUT2D eigenvalue weighted by atomic mass is 10.0. The number of nitrogens with one attached hydrogen (secondary N) is 1. The van der Waals surface area contributed by atoms with Crippen LogP contribution in [-0.4, -0.2) is 17.4 Å². The van der Waals surface area contributed by atoms with Crippen LogP contribution in [-0.2, 0) is 13.0 Å². The predicted molar refractivity (Wildman–Crippen MR) is 104 cm³/mol. The quantitative estimate of drug-likeness (QED) is 0.756. The maximum absolute atomic E-state index is 13.0. The summed E-state index contributed by atoms with van der Waals surface area (Å²) in [5.74, 6) is -0.484. The zero-order valence-corrected chi connectivity index (χ0v) is 14.9. The van der Waals surface area contributed by atoms with Gasteiger partial charge in [-0.1, -0.05) is 30.3 Å². The van der Waals surface area contributed by atoms with Gasteiger partial charge in [0.15, 0.2) is 0 Å². The molecule has 4 nitrogen and oxygen atoms in total. The van der Waals surface area contributed by atoms with E-state index in [1.54, 1.807) is 24.5 Å². The van der Waals surface area contributed by atoms with Crippen LogP contribution in [0.15, 0.2) is 67.0 Å². The molecule has 0 saturated heterocycles. The number of hydrogen-bond acceptors (Lipinski definition) is 3. The Labute approximate surface area is 157 Å². The van der Waals surface area contributed by atoms with Gasteiger partial charge in [0.05, 0.1) is 17.4 Å². The number of amides is 1. The Hall–Kier alpha value is -3.21. The molecule has 1 amide bonds. The summed E-state index contributed by atoms with van der Waals surface area (Å²) in [5, 5.41) is 2.86. The van der Waals surface area contributed by atoms with E-state index < -0.39 is 0 Å². The molecule has 1 aromatic heterocycles. The second kappa shape index (κ2) is 7.58. The first-order valence-electron chi connectivity index (χ1n) is 9.04. The summed E-state index contributed by atoms with van der Waals surface area (Å²) in [6, 6.07) is 16.3. The van der Waals surface area contributed by atoms with Gasteiger partial charge in [-0.15, -0.1) is 0 Å². The topological polar surface area (TPSA) is 45.2 Å². The Kier molecular flexibility index (Phi) is 4.83. The minimum atomic E-state index is -0.288. The number of benzene rings is 2. The van der Waals surface area contributed by atoms with Gasteiger partial charge in [0.25, 0.3) is 5.91 Å². The van der Waals surface area contributed by atoms with Gasteiger partial charge in [-0.25, -0.2) is 4.39 Å². The van der Waals surface area contributed by atoms with Crippen LogP contribution >= 0.6 is 0 Å². The molecule has 0 spiro atoms. The van der Waals surface area contributed by atoms with Crippen molar-refractivity contribution in [2.75, 3.05) is 11.4 Å². The molecule has 0 saturated carbocycles. The van der Waals surface area contributed by atoms with E-state index in [9.17, 15) is 9.18 Å². The lowest BCUT2D eigenvalue weighted by Gasteiger charge is -2.31. The third-order valence-electron chi connectivity index (χ3n) is 4.77. The molecule has 0 aliphatic carbocycles. The lowest BCUT2D eigenvalue weighted by Crippen LogP contribution is -2.26. The van der Waals surface area contributed by atoms with Crippen LogP contribution in [0.5, 0.6) is 0 Å². The standard InChI is InChI=1S/C22H20FN3O/c23-19-9-7-16(8-10-19)13-25-22(27)18-12-20(15-24-14-18)26-11-3-5-17-4-1-2-6-21(17)26/h1-2,4,6-10,12,14-15H,3,5,11,13H2,(H,25,27). The third kappa shape index (κ3) is 3.82. The van der Waals surface area contributed by atoms with Gasteiger partial charge in [0.2, 0.25) is 0 Å². The number of fused-ring (bicyclic) bond motifs is 1. The number of halogens is 1. The average Bonchev–Trinajstić information content (AvgIpc) is 2.73. The van der Waals surface area contributed by atoms with E-state index in [0.717, 1.165) is 30.6 Å². The number of pyridine rings is 1. The van der Waals surface area contributed by atoms with Crippen molar-refractivity contribution in [3.63, 3.8) is 0 Å². The van der Waals surface area contributed by atoms with E-state index >= 15 is 0 Å². The minimum Gasteiger partial charge on any atom is -0.348 e. The molecular formula is C22H20FN3O. The molecule has 4 rings (SSSR count). The molecular weight excluding hydrogens is 341 g/mol. The summed E-state index contributed by atoms with van der Waals surface area (Å²) >= 11 is 0. The van der Waals surface area contributed by atoms with E-state index in [0.29, 0.717) is 12.1 Å². The predicted octanol–water partition coefficient (Wildman–Crippen LogP) is 4.24. The van der Waals surface area contributed by atoms with Gasteiger partial charge in [-0.2, -0.15) is 0 Å². The fourth-order valence-corrected chi connectivity index (χ4v) is 3.39. The molecule has 1 N–H and O–H groups in total. The second-order valence-electron chi connectivity index (χ2n) is 6.62. The number of carbonyl (C=O) groups excluding carboxylic acids is 1. The van der Waals surface area contributed by atoms with Crippen molar-refractivity contribution in [1.82, 2.24) is 10.3 Å². The summed E-state index contributed by atoms with van der Waals surface area (Å²) in [4.78, 5) is 19.0.